The smallest absolute Gasteiger partial charge is 0.143 e. The molecule has 13 rings (SSSR count). The molecule has 1 aliphatic carbocycles. The third-order valence-corrected chi connectivity index (χ3v) is 14.4. The molecule has 0 bridgehead atoms. The van der Waals surface area contributed by atoms with Crippen molar-refractivity contribution in [1.82, 2.24) is 0 Å². The van der Waals surface area contributed by atoms with Gasteiger partial charge in [0.15, 0.2) is 0 Å². The van der Waals surface area contributed by atoms with E-state index in [0.29, 0.717) is 0 Å². The summed E-state index contributed by atoms with van der Waals surface area (Å²) >= 11 is 0. The first-order valence-corrected chi connectivity index (χ1v) is 23.1. The number of fused-ring (bicyclic) bond motifs is 10. The van der Waals surface area contributed by atoms with Gasteiger partial charge in [-0.05, 0) is 113 Å². The van der Waals surface area contributed by atoms with Gasteiger partial charge in [0.05, 0.1) is 5.41 Å². The summed E-state index contributed by atoms with van der Waals surface area (Å²) in [6.45, 7) is 0. The normalized spacial score (nSPS) is 13.3. The summed E-state index contributed by atoms with van der Waals surface area (Å²) in [4.78, 5) is 0. The average molecular weight is 841 g/mol. The van der Waals surface area contributed by atoms with E-state index in [9.17, 15) is 0 Å². The average Bonchev–Trinajstić information content (AvgIpc) is 3.93. The van der Waals surface area contributed by atoms with Crippen molar-refractivity contribution < 1.29 is 4.42 Å². The van der Waals surface area contributed by atoms with Crippen LogP contribution in [0, 0.1) is 0 Å². The minimum atomic E-state index is -0.441. The van der Waals surface area contributed by atoms with Crippen molar-refractivity contribution in [1.29, 1.82) is 0 Å². The molecule has 1 aromatic heterocycles. The molecule has 0 spiro atoms. The molecule has 0 amide bonds. The standard InChI is InChI=1S/C65H44O/c1-3-15-44(16-4-1)45-26-30-47(31-27-45)59(41-43-14-13-19-53(40-43)65(52-17-5-2-6-18-52)60-23-10-7-20-55(60)56-21-8-11-24-61(56)65)48-32-28-46(29-33-48)50-37-38-54-51(42-50)35-34-49-36-39-58-57-22-9-12-25-62(57)66-64(58)63(49)54/h1-40,42,59H,41H2. The highest BCUT2D eigenvalue weighted by atomic mass is 16.3. The fraction of sp³-hybridized carbons (Fsp3) is 0.0462. The maximum atomic E-state index is 6.52. The molecule has 0 N–H and O–H groups in total. The van der Waals surface area contributed by atoms with E-state index in [1.54, 1.807) is 0 Å². The second-order valence-electron chi connectivity index (χ2n) is 17.9. The molecule has 1 unspecified atom stereocenters. The SMILES string of the molecule is c1ccc(-c2ccc(C(Cc3cccc(C4(c5ccccc5)c5ccccc5-c5ccccc54)c3)c3ccc(-c4ccc5c(ccc6ccc7c8ccccc8oc7c65)c4)cc3)cc2)cc1. The van der Waals surface area contributed by atoms with E-state index in [2.05, 4.69) is 243 Å². The van der Waals surface area contributed by atoms with Crippen molar-refractivity contribution >= 4 is 43.5 Å². The lowest BCUT2D eigenvalue weighted by atomic mass is 9.67. The summed E-state index contributed by atoms with van der Waals surface area (Å²) in [5.74, 6) is 0.129. The Morgan fingerprint density at radius 2 is 0.909 bits per heavy atom. The van der Waals surface area contributed by atoms with Gasteiger partial charge in [-0.3, -0.25) is 0 Å². The quantitative estimate of drug-likeness (QED) is 0.139. The Hall–Kier alpha value is -8.26. The van der Waals surface area contributed by atoms with Crippen LogP contribution in [0.2, 0.25) is 0 Å². The van der Waals surface area contributed by atoms with Crippen LogP contribution in [0.4, 0.5) is 0 Å². The maximum absolute atomic E-state index is 6.52. The van der Waals surface area contributed by atoms with Crippen molar-refractivity contribution in [3.8, 4) is 33.4 Å². The minimum Gasteiger partial charge on any atom is -0.455 e. The van der Waals surface area contributed by atoms with Crippen LogP contribution >= 0.6 is 0 Å². The van der Waals surface area contributed by atoms with E-state index in [4.69, 9.17) is 4.42 Å². The van der Waals surface area contributed by atoms with Gasteiger partial charge in [-0.1, -0.05) is 231 Å². The number of rotatable bonds is 8. The Labute approximate surface area is 384 Å². The predicted octanol–water partition coefficient (Wildman–Crippen LogP) is 17.0. The summed E-state index contributed by atoms with van der Waals surface area (Å²) in [7, 11) is 0. The fourth-order valence-electron chi connectivity index (χ4n) is 11.3. The minimum absolute atomic E-state index is 0.129. The molecule has 0 fully saturated rings. The molecule has 310 valence electrons. The summed E-state index contributed by atoms with van der Waals surface area (Å²) in [5.41, 5.74) is 18.1. The Morgan fingerprint density at radius 3 is 1.64 bits per heavy atom. The van der Waals surface area contributed by atoms with Gasteiger partial charge in [-0.2, -0.15) is 0 Å². The van der Waals surface area contributed by atoms with Crippen LogP contribution in [0.25, 0.3) is 76.9 Å². The van der Waals surface area contributed by atoms with Crippen LogP contribution < -0.4 is 0 Å². The summed E-state index contributed by atoms with van der Waals surface area (Å²) in [5, 5.41) is 7.08. The Balaban J connectivity index is 0.900. The van der Waals surface area contributed by atoms with E-state index in [1.807, 2.05) is 6.07 Å². The van der Waals surface area contributed by atoms with Gasteiger partial charge >= 0.3 is 0 Å². The van der Waals surface area contributed by atoms with Crippen molar-refractivity contribution in [3.63, 3.8) is 0 Å². The van der Waals surface area contributed by atoms with E-state index in [-0.39, 0.29) is 5.92 Å². The topological polar surface area (TPSA) is 13.1 Å². The van der Waals surface area contributed by atoms with Crippen molar-refractivity contribution in [2.75, 3.05) is 0 Å². The van der Waals surface area contributed by atoms with Gasteiger partial charge in [0.25, 0.3) is 0 Å². The summed E-state index contributed by atoms with van der Waals surface area (Å²) < 4.78 is 6.52. The second-order valence-corrected chi connectivity index (χ2v) is 17.9. The Kier molecular flexibility index (Phi) is 8.96. The highest BCUT2D eigenvalue weighted by Crippen LogP contribution is 2.56. The zero-order chi connectivity index (χ0) is 43.6. The molecule has 0 aliphatic heterocycles. The third-order valence-electron chi connectivity index (χ3n) is 14.4. The second kappa shape index (κ2) is 15.5. The third kappa shape index (κ3) is 6.08. The number of benzene rings is 11. The molecule has 1 aliphatic rings. The lowest BCUT2D eigenvalue weighted by Crippen LogP contribution is -2.28. The van der Waals surface area contributed by atoms with E-state index >= 15 is 0 Å². The molecule has 1 atom stereocenters. The number of furan rings is 1. The van der Waals surface area contributed by atoms with Gasteiger partial charge in [-0.15, -0.1) is 0 Å². The van der Waals surface area contributed by atoms with Gasteiger partial charge in [0.2, 0.25) is 0 Å². The fourth-order valence-corrected chi connectivity index (χ4v) is 11.3. The van der Waals surface area contributed by atoms with Crippen LogP contribution in [-0.4, -0.2) is 0 Å². The first-order valence-electron chi connectivity index (χ1n) is 23.1. The zero-order valence-corrected chi connectivity index (χ0v) is 36.4. The largest absolute Gasteiger partial charge is 0.455 e. The van der Waals surface area contributed by atoms with Gasteiger partial charge in [0, 0.05) is 22.1 Å². The van der Waals surface area contributed by atoms with Gasteiger partial charge in [0.1, 0.15) is 11.2 Å². The maximum Gasteiger partial charge on any atom is 0.143 e. The molecular weight excluding hydrogens is 797 g/mol. The molecule has 1 heteroatoms. The monoisotopic (exact) mass is 840 g/mol. The molecule has 66 heavy (non-hydrogen) atoms. The number of hydrogen-bond acceptors (Lipinski definition) is 1. The first kappa shape index (κ1) is 38.2. The predicted molar refractivity (Wildman–Crippen MR) is 275 cm³/mol. The summed E-state index contributed by atoms with van der Waals surface area (Å²) in [6, 6.07) is 91.9. The number of para-hydroxylation sites is 1. The van der Waals surface area contributed by atoms with Crippen molar-refractivity contribution in [2.45, 2.75) is 17.8 Å². The molecule has 0 saturated heterocycles. The molecular formula is C65H44O. The van der Waals surface area contributed by atoms with Crippen molar-refractivity contribution in [2.24, 2.45) is 0 Å². The zero-order valence-electron chi connectivity index (χ0n) is 36.4. The highest BCUT2D eigenvalue weighted by molar-refractivity contribution is 6.23. The highest BCUT2D eigenvalue weighted by Gasteiger charge is 2.45. The van der Waals surface area contributed by atoms with Crippen LogP contribution in [-0.2, 0) is 11.8 Å². The van der Waals surface area contributed by atoms with Gasteiger partial charge in [-0.25, -0.2) is 0 Å². The molecule has 1 heterocycles. The molecule has 11 aromatic carbocycles. The van der Waals surface area contributed by atoms with Gasteiger partial charge < -0.3 is 4.42 Å². The summed E-state index contributed by atoms with van der Waals surface area (Å²) in [6.07, 6.45) is 0.853. The molecule has 0 radical (unpaired) electrons. The van der Waals surface area contributed by atoms with Crippen LogP contribution in [0.1, 0.15) is 44.9 Å². The number of hydrogen-bond donors (Lipinski definition) is 0. The van der Waals surface area contributed by atoms with Crippen molar-refractivity contribution in [3.05, 3.63) is 288 Å². The van der Waals surface area contributed by atoms with E-state index in [1.165, 1.54) is 93.9 Å². The molecule has 0 saturated carbocycles. The van der Waals surface area contributed by atoms with Crippen LogP contribution in [0.15, 0.2) is 253 Å². The van der Waals surface area contributed by atoms with Crippen LogP contribution in [0.3, 0.4) is 0 Å². The van der Waals surface area contributed by atoms with E-state index < -0.39 is 5.41 Å². The van der Waals surface area contributed by atoms with E-state index in [0.717, 1.165) is 28.4 Å². The first-order chi connectivity index (χ1) is 32.7. The Morgan fingerprint density at radius 1 is 0.364 bits per heavy atom. The molecule has 12 aromatic rings. The molecule has 1 nitrogen and oxygen atoms in total. The Bertz CT molecular complexity index is 3720. The lowest BCUT2D eigenvalue weighted by Gasteiger charge is -2.34. The lowest BCUT2D eigenvalue weighted by molar-refractivity contribution is 0.673. The van der Waals surface area contributed by atoms with Crippen LogP contribution in [0.5, 0.6) is 0 Å².